The summed E-state index contributed by atoms with van der Waals surface area (Å²) in [6.45, 7) is 4.12. The molecule has 0 unspecified atom stereocenters. The Kier molecular flexibility index (Phi) is 3.51. The van der Waals surface area contributed by atoms with Crippen molar-refractivity contribution in [2.24, 2.45) is 0 Å². The van der Waals surface area contributed by atoms with Gasteiger partial charge in [0.15, 0.2) is 12.0 Å². The van der Waals surface area contributed by atoms with E-state index in [2.05, 4.69) is 19.9 Å². The highest BCUT2D eigenvalue weighted by molar-refractivity contribution is 5.70. The number of benzene rings is 1. The number of aldehydes is 1. The minimum absolute atomic E-state index is 0.354. The van der Waals surface area contributed by atoms with E-state index in [1.165, 1.54) is 11.1 Å². The summed E-state index contributed by atoms with van der Waals surface area (Å²) in [5, 5.41) is 0. The standard InChI is InChI=1S/C15H16O3/c1-10-6-12(15(17-3)7-11(10)2)8-13-4-5-14(9-16)18-13/h4-7,9H,8H2,1-3H3. The smallest absolute Gasteiger partial charge is 0.185 e. The number of rotatable bonds is 4. The predicted molar refractivity (Wildman–Crippen MR) is 69.4 cm³/mol. The van der Waals surface area contributed by atoms with Gasteiger partial charge in [0.25, 0.3) is 0 Å². The summed E-state index contributed by atoms with van der Waals surface area (Å²) in [4.78, 5) is 10.6. The summed E-state index contributed by atoms with van der Waals surface area (Å²) < 4.78 is 10.8. The van der Waals surface area contributed by atoms with Crippen molar-refractivity contribution in [3.05, 3.63) is 52.5 Å². The van der Waals surface area contributed by atoms with Crippen LogP contribution in [-0.4, -0.2) is 13.4 Å². The first-order valence-electron chi connectivity index (χ1n) is 5.82. The summed E-state index contributed by atoms with van der Waals surface area (Å²) >= 11 is 0. The van der Waals surface area contributed by atoms with Crippen molar-refractivity contribution in [2.75, 3.05) is 7.11 Å². The van der Waals surface area contributed by atoms with Gasteiger partial charge in [0.1, 0.15) is 11.5 Å². The van der Waals surface area contributed by atoms with Gasteiger partial charge in [-0.3, -0.25) is 4.79 Å². The summed E-state index contributed by atoms with van der Waals surface area (Å²) in [6.07, 6.45) is 1.33. The van der Waals surface area contributed by atoms with E-state index < -0.39 is 0 Å². The van der Waals surface area contributed by atoms with Crippen LogP contribution in [0.25, 0.3) is 0 Å². The Balaban J connectivity index is 2.32. The molecule has 18 heavy (non-hydrogen) atoms. The van der Waals surface area contributed by atoms with E-state index in [0.717, 1.165) is 17.1 Å². The topological polar surface area (TPSA) is 39.4 Å². The van der Waals surface area contributed by atoms with Crippen molar-refractivity contribution in [1.82, 2.24) is 0 Å². The zero-order valence-electron chi connectivity index (χ0n) is 10.8. The predicted octanol–water partition coefficient (Wildman–Crippen LogP) is 3.31. The van der Waals surface area contributed by atoms with Crippen LogP contribution in [-0.2, 0) is 6.42 Å². The van der Waals surface area contributed by atoms with E-state index in [0.29, 0.717) is 18.5 Å². The minimum atomic E-state index is 0.354. The molecule has 0 saturated carbocycles. The Bertz CT molecular complexity index is 567. The highest BCUT2D eigenvalue weighted by atomic mass is 16.5. The molecule has 0 amide bonds. The number of ether oxygens (including phenoxy) is 1. The molecule has 0 radical (unpaired) electrons. The van der Waals surface area contributed by atoms with Crippen molar-refractivity contribution in [1.29, 1.82) is 0 Å². The number of methoxy groups -OCH3 is 1. The summed E-state index contributed by atoms with van der Waals surface area (Å²) in [6, 6.07) is 7.61. The van der Waals surface area contributed by atoms with Gasteiger partial charge >= 0.3 is 0 Å². The molecule has 3 heteroatoms. The Morgan fingerprint density at radius 2 is 1.94 bits per heavy atom. The lowest BCUT2D eigenvalue weighted by atomic mass is 10.0. The number of furan rings is 1. The number of aryl methyl sites for hydroxylation is 2. The first kappa shape index (κ1) is 12.4. The molecule has 0 spiro atoms. The summed E-state index contributed by atoms with van der Waals surface area (Å²) in [5.74, 6) is 1.97. The Labute approximate surface area is 106 Å². The fraction of sp³-hybridized carbons (Fsp3) is 0.267. The Morgan fingerprint density at radius 1 is 1.22 bits per heavy atom. The molecule has 1 aromatic heterocycles. The van der Waals surface area contributed by atoms with Crippen molar-refractivity contribution in [2.45, 2.75) is 20.3 Å². The van der Waals surface area contributed by atoms with Crippen LogP contribution in [0.1, 0.15) is 33.0 Å². The Morgan fingerprint density at radius 3 is 2.56 bits per heavy atom. The minimum Gasteiger partial charge on any atom is -0.496 e. The first-order chi connectivity index (χ1) is 8.63. The van der Waals surface area contributed by atoms with E-state index in [1.54, 1.807) is 13.2 Å². The lowest BCUT2D eigenvalue weighted by molar-refractivity contribution is 0.109. The Hall–Kier alpha value is -2.03. The molecule has 0 N–H and O–H groups in total. The third-order valence-corrected chi connectivity index (χ3v) is 3.06. The normalized spacial score (nSPS) is 10.4. The van der Waals surface area contributed by atoms with Crippen molar-refractivity contribution < 1.29 is 13.9 Å². The highest BCUT2D eigenvalue weighted by Gasteiger charge is 2.09. The second kappa shape index (κ2) is 5.08. The van der Waals surface area contributed by atoms with Gasteiger partial charge in [0, 0.05) is 12.0 Å². The third kappa shape index (κ3) is 2.45. The molecule has 0 aliphatic heterocycles. The van der Waals surface area contributed by atoms with Gasteiger partial charge in [0.2, 0.25) is 0 Å². The fourth-order valence-electron chi connectivity index (χ4n) is 1.92. The molecule has 0 saturated heterocycles. The van der Waals surface area contributed by atoms with E-state index in [-0.39, 0.29) is 0 Å². The maximum Gasteiger partial charge on any atom is 0.185 e. The number of carbonyl (C=O) groups excluding carboxylic acids is 1. The summed E-state index contributed by atoms with van der Waals surface area (Å²) in [5.41, 5.74) is 3.48. The van der Waals surface area contributed by atoms with Crippen LogP contribution in [0.3, 0.4) is 0 Å². The molecule has 3 nitrogen and oxygen atoms in total. The molecular formula is C15H16O3. The van der Waals surface area contributed by atoms with Crippen LogP contribution in [0.2, 0.25) is 0 Å². The largest absolute Gasteiger partial charge is 0.496 e. The van der Waals surface area contributed by atoms with Gasteiger partial charge in [0.05, 0.1) is 7.11 Å². The zero-order chi connectivity index (χ0) is 13.1. The number of carbonyl (C=O) groups is 1. The van der Waals surface area contributed by atoms with Crippen LogP contribution in [0, 0.1) is 13.8 Å². The second-order valence-electron chi connectivity index (χ2n) is 4.35. The van der Waals surface area contributed by atoms with E-state index >= 15 is 0 Å². The van der Waals surface area contributed by atoms with Gasteiger partial charge in [-0.25, -0.2) is 0 Å². The molecule has 0 bridgehead atoms. The van der Waals surface area contributed by atoms with Crippen LogP contribution in [0.4, 0.5) is 0 Å². The second-order valence-corrected chi connectivity index (χ2v) is 4.35. The molecule has 0 fully saturated rings. The number of hydrogen-bond donors (Lipinski definition) is 0. The summed E-state index contributed by atoms with van der Waals surface area (Å²) in [7, 11) is 1.66. The maximum absolute atomic E-state index is 10.6. The number of hydrogen-bond acceptors (Lipinski definition) is 3. The van der Waals surface area contributed by atoms with Crippen molar-refractivity contribution >= 4 is 6.29 Å². The molecule has 2 aromatic rings. The molecule has 0 atom stereocenters. The van der Waals surface area contributed by atoms with Crippen LogP contribution in [0.5, 0.6) is 5.75 Å². The average Bonchev–Trinajstić information content (AvgIpc) is 2.81. The van der Waals surface area contributed by atoms with Crippen molar-refractivity contribution in [3.63, 3.8) is 0 Å². The molecular weight excluding hydrogens is 228 g/mol. The van der Waals surface area contributed by atoms with E-state index in [9.17, 15) is 4.79 Å². The zero-order valence-corrected chi connectivity index (χ0v) is 10.8. The molecule has 0 aliphatic rings. The highest BCUT2D eigenvalue weighted by Crippen LogP contribution is 2.25. The van der Waals surface area contributed by atoms with Gasteiger partial charge in [-0.05, 0) is 43.2 Å². The molecule has 1 aromatic carbocycles. The quantitative estimate of drug-likeness (QED) is 0.774. The first-order valence-corrected chi connectivity index (χ1v) is 5.82. The van der Waals surface area contributed by atoms with Gasteiger partial charge in [-0.2, -0.15) is 0 Å². The maximum atomic E-state index is 10.6. The van der Waals surface area contributed by atoms with E-state index in [4.69, 9.17) is 9.15 Å². The molecule has 2 rings (SSSR count). The van der Waals surface area contributed by atoms with Gasteiger partial charge < -0.3 is 9.15 Å². The van der Waals surface area contributed by atoms with Crippen molar-refractivity contribution in [3.8, 4) is 5.75 Å². The molecule has 94 valence electrons. The third-order valence-electron chi connectivity index (χ3n) is 3.06. The van der Waals surface area contributed by atoms with Crippen LogP contribution >= 0.6 is 0 Å². The SMILES string of the molecule is COc1cc(C)c(C)cc1Cc1ccc(C=O)o1. The lowest BCUT2D eigenvalue weighted by Crippen LogP contribution is -1.95. The lowest BCUT2D eigenvalue weighted by Gasteiger charge is -2.10. The van der Waals surface area contributed by atoms with Crippen LogP contribution < -0.4 is 4.74 Å². The molecule has 1 heterocycles. The molecule has 0 aliphatic carbocycles. The van der Waals surface area contributed by atoms with Gasteiger partial charge in [-0.1, -0.05) is 6.07 Å². The average molecular weight is 244 g/mol. The monoisotopic (exact) mass is 244 g/mol. The van der Waals surface area contributed by atoms with Crippen LogP contribution in [0.15, 0.2) is 28.7 Å². The fourth-order valence-corrected chi connectivity index (χ4v) is 1.92. The van der Waals surface area contributed by atoms with E-state index in [1.807, 2.05) is 12.1 Å². The van der Waals surface area contributed by atoms with Gasteiger partial charge in [-0.15, -0.1) is 0 Å².